The molecule has 2 N–H and O–H groups in total. The number of likely N-dealkylation sites (N-methyl/N-ethyl adjacent to an activating group) is 1. The maximum absolute atomic E-state index is 13.0. The maximum Gasteiger partial charge on any atom is 0.352 e. The number of rotatable bonds is 5. The van der Waals surface area contributed by atoms with Gasteiger partial charge in [0.25, 0.3) is 0 Å². The molecule has 0 aromatic heterocycles. The summed E-state index contributed by atoms with van der Waals surface area (Å²) in [6, 6.07) is 3.49. The summed E-state index contributed by atoms with van der Waals surface area (Å²) in [5, 5.41) is 15.3. The van der Waals surface area contributed by atoms with Crippen LogP contribution in [0.2, 0.25) is 0 Å². The first-order valence-corrected chi connectivity index (χ1v) is 12.5. The highest BCUT2D eigenvalue weighted by atomic mass is 35.5. The van der Waals surface area contributed by atoms with Gasteiger partial charge in [-0.2, -0.15) is 0 Å². The highest BCUT2D eigenvalue weighted by Crippen LogP contribution is 2.65. The number of likely N-dealkylation sites (tertiary alicyclic amines) is 1. The molecule has 2 unspecified atom stereocenters. The minimum atomic E-state index is -1.07. The predicted molar refractivity (Wildman–Crippen MR) is 139 cm³/mol. The zero-order valence-corrected chi connectivity index (χ0v) is 22.8. The summed E-state index contributed by atoms with van der Waals surface area (Å²) < 4.78 is 23.3. The fraction of sp³-hybridized carbons (Fsp3) is 0.615. The van der Waals surface area contributed by atoms with Crippen LogP contribution < -0.4 is 14.8 Å². The number of piperidine rings is 1. The van der Waals surface area contributed by atoms with E-state index in [2.05, 4.69) is 16.3 Å². The van der Waals surface area contributed by atoms with Gasteiger partial charge in [-0.25, -0.2) is 4.79 Å². The summed E-state index contributed by atoms with van der Waals surface area (Å²) in [6.45, 7) is 3.06. The third kappa shape index (κ3) is 3.85. The first-order valence-electron chi connectivity index (χ1n) is 12.5. The average molecular weight is 557 g/mol. The zero-order chi connectivity index (χ0) is 24.5. The predicted octanol–water partition coefficient (Wildman–Crippen LogP) is 2.04. The number of nitrogens with one attached hydrogen (secondary N) is 1. The van der Waals surface area contributed by atoms with Crippen molar-refractivity contribution in [3.05, 3.63) is 35.1 Å². The number of halogens is 2. The van der Waals surface area contributed by atoms with Crippen LogP contribution in [0.4, 0.5) is 0 Å². The van der Waals surface area contributed by atoms with Crippen molar-refractivity contribution in [1.29, 1.82) is 0 Å². The lowest BCUT2D eigenvalue weighted by Crippen LogP contribution is -2.74. The Labute approximate surface area is 228 Å². The first-order chi connectivity index (χ1) is 16.8. The minimum Gasteiger partial charge on any atom is -0.493 e. The van der Waals surface area contributed by atoms with E-state index in [-0.39, 0.29) is 36.9 Å². The van der Waals surface area contributed by atoms with Crippen molar-refractivity contribution in [3.8, 4) is 11.5 Å². The van der Waals surface area contributed by atoms with E-state index >= 15 is 0 Å². The molecule has 0 amide bonds. The SMILES string of the molecule is COc1ccc2c3c1O[C@H]1C(OC(=O)C(C)OC(=O)C4CCCN4)=CC[C@@]4(O)[C@@H](C2)N(C)CC[C@]314.Cl.Cl. The molecule has 6 rings (SSSR count). The lowest BCUT2D eigenvalue weighted by Gasteiger charge is -2.61. The Kier molecular flexibility index (Phi) is 7.51. The molecular weight excluding hydrogens is 523 g/mol. The number of nitrogens with zero attached hydrogens (tertiary/aromatic N) is 1. The standard InChI is InChI=1S/C26H32N2O7.2ClH/c1-14(33-24(30)16-5-4-11-27-16)23(29)34-18-8-9-26(31)19-13-15-6-7-17(32-3)21-20(15)25(26,22(18)35-21)10-12-28(19)2;;/h6-8,14,16,19,22,27,31H,4-5,9-13H2,1-3H3;2*1H/t14?,16?,19-,22+,25+,26-;;/m1../s1. The number of carbonyl (C=O) groups excluding carboxylic acids is 2. The van der Waals surface area contributed by atoms with Crippen LogP contribution in [-0.4, -0.2) is 79.1 Å². The van der Waals surface area contributed by atoms with Gasteiger partial charge in [-0.1, -0.05) is 6.07 Å². The Bertz CT molecular complexity index is 1120. The largest absolute Gasteiger partial charge is 0.493 e. The van der Waals surface area contributed by atoms with E-state index in [4.69, 9.17) is 18.9 Å². The van der Waals surface area contributed by atoms with Crippen molar-refractivity contribution in [1.82, 2.24) is 10.2 Å². The molecule has 3 aliphatic heterocycles. The van der Waals surface area contributed by atoms with Crippen LogP contribution in [0.15, 0.2) is 24.0 Å². The molecule has 2 aliphatic carbocycles. The number of carbonyl (C=O) groups is 2. The molecule has 0 saturated carbocycles. The van der Waals surface area contributed by atoms with Crippen LogP contribution in [0.5, 0.6) is 11.5 Å². The van der Waals surface area contributed by atoms with Gasteiger partial charge in [-0.05, 0) is 70.5 Å². The second kappa shape index (κ2) is 9.93. The van der Waals surface area contributed by atoms with Gasteiger partial charge in [-0.15, -0.1) is 24.8 Å². The molecule has 6 atom stereocenters. The molecule has 2 saturated heterocycles. The first kappa shape index (κ1) is 28.0. The smallest absolute Gasteiger partial charge is 0.352 e. The average Bonchev–Trinajstić information content (AvgIpc) is 3.49. The fourth-order valence-corrected chi connectivity index (χ4v) is 6.98. The summed E-state index contributed by atoms with van der Waals surface area (Å²) in [5.41, 5.74) is 0.280. The molecular formula is C26H34Cl2N2O7. The van der Waals surface area contributed by atoms with Gasteiger partial charge in [0.1, 0.15) is 11.8 Å². The van der Waals surface area contributed by atoms with Gasteiger partial charge in [-0.3, -0.25) is 4.79 Å². The summed E-state index contributed by atoms with van der Waals surface area (Å²) in [7, 11) is 3.64. The minimum absolute atomic E-state index is 0. The van der Waals surface area contributed by atoms with Crippen LogP contribution in [0.3, 0.4) is 0 Å². The van der Waals surface area contributed by atoms with Crippen LogP contribution in [-0.2, 0) is 30.9 Å². The van der Waals surface area contributed by atoms with Gasteiger partial charge in [0.2, 0.25) is 0 Å². The quantitative estimate of drug-likeness (QED) is 0.527. The molecule has 37 heavy (non-hydrogen) atoms. The number of hydrogen-bond donors (Lipinski definition) is 2. The molecule has 5 aliphatic rings. The van der Waals surface area contributed by atoms with Crippen LogP contribution in [0, 0.1) is 0 Å². The zero-order valence-electron chi connectivity index (χ0n) is 21.2. The third-order valence-corrected chi connectivity index (χ3v) is 8.75. The van der Waals surface area contributed by atoms with Crippen molar-refractivity contribution in [2.24, 2.45) is 0 Å². The van der Waals surface area contributed by atoms with E-state index in [1.807, 2.05) is 13.1 Å². The molecule has 1 spiro atoms. The molecule has 1 aromatic carbocycles. The molecule has 9 nitrogen and oxygen atoms in total. The Hall–Kier alpha value is -2.04. The van der Waals surface area contributed by atoms with Gasteiger partial charge in [0, 0.05) is 18.0 Å². The number of aliphatic hydroxyl groups is 1. The fourth-order valence-electron chi connectivity index (χ4n) is 6.98. The summed E-state index contributed by atoms with van der Waals surface area (Å²) in [6.07, 6.45) is 3.33. The summed E-state index contributed by atoms with van der Waals surface area (Å²) in [5.74, 6) is 0.477. The Morgan fingerprint density at radius 2 is 2.08 bits per heavy atom. The molecule has 3 heterocycles. The van der Waals surface area contributed by atoms with Gasteiger partial charge in [0.15, 0.2) is 23.7 Å². The molecule has 2 fully saturated rings. The number of methoxy groups -OCH3 is 1. The van der Waals surface area contributed by atoms with Crippen molar-refractivity contribution >= 4 is 36.8 Å². The lowest BCUT2D eigenvalue weighted by molar-refractivity contribution is -0.176. The number of esters is 2. The molecule has 1 aromatic rings. The van der Waals surface area contributed by atoms with Crippen LogP contribution in [0.1, 0.15) is 43.7 Å². The number of hydrogen-bond acceptors (Lipinski definition) is 9. The second-order valence-corrected chi connectivity index (χ2v) is 10.4. The molecule has 204 valence electrons. The van der Waals surface area contributed by atoms with Crippen molar-refractivity contribution in [3.63, 3.8) is 0 Å². The number of ether oxygens (including phenoxy) is 4. The maximum atomic E-state index is 13.0. The molecule has 11 heteroatoms. The van der Waals surface area contributed by atoms with Crippen LogP contribution >= 0.6 is 24.8 Å². The number of benzene rings is 1. The summed E-state index contributed by atoms with van der Waals surface area (Å²) >= 11 is 0. The van der Waals surface area contributed by atoms with Crippen LogP contribution in [0.25, 0.3) is 0 Å². The Balaban J connectivity index is 0.00000160. The van der Waals surface area contributed by atoms with E-state index in [9.17, 15) is 14.7 Å². The molecule has 2 bridgehead atoms. The lowest BCUT2D eigenvalue weighted by atomic mass is 9.50. The summed E-state index contributed by atoms with van der Waals surface area (Å²) in [4.78, 5) is 27.6. The van der Waals surface area contributed by atoms with Crippen molar-refractivity contribution in [2.45, 2.75) is 74.3 Å². The Morgan fingerprint density at radius 1 is 1.30 bits per heavy atom. The van der Waals surface area contributed by atoms with E-state index in [0.717, 1.165) is 30.6 Å². The van der Waals surface area contributed by atoms with E-state index in [1.165, 1.54) is 6.92 Å². The Morgan fingerprint density at radius 3 is 2.78 bits per heavy atom. The van der Waals surface area contributed by atoms with E-state index in [1.54, 1.807) is 13.2 Å². The normalized spacial score (nSPS) is 33.5. The van der Waals surface area contributed by atoms with Gasteiger partial charge >= 0.3 is 11.9 Å². The van der Waals surface area contributed by atoms with E-state index in [0.29, 0.717) is 42.9 Å². The third-order valence-electron chi connectivity index (χ3n) is 8.75. The topological polar surface area (TPSA) is 107 Å². The van der Waals surface area contributed by atoms with E-state index < -0.39 is 35.2 Å². The van der Waals surface area contributed by atoms with Gasteiger partial charge in [0.05, 0.1) is 18.1 Å². The monoisotopic (exact) mass is 556 g/mol. The molecule has 0 radical (unpaired) electrons. The van der Waals surface area contributed by atoms with Crippen molar-refractivity contribution in [2.75, 3.05) is 27.2 Å². The second-order valence-electron chi connectivity index (χ2n) is 10.4. The van der Waals surface area contributed by atoms with Crippen molar-refractivity contribution < 1.29 is 33.6 Å². The van der Waals surface area contributed by atoms with Gasteiger partial charge < -0.3 is 34.3 Å². The highest BCUT2D eigenvalue weighted by molar-refractivity contribution is 5.85. The highest BCUT2D eigenvalue weighted by Gasteiger charge is 2.72.